The van der Waals surface area contributed by atoms with E-state index < -0.39 is 0 Å². The number of benzene rings is 1. The van der Waals surface area contributed by atoms with Crippen molar-refractivity contribution in [3.05, 3.63) is 29.3 Å². The molecule has 0 unspecified atom stereocenters. The summed E-state index contributed by atoms with van der Waals surface area (Å²) in [5, 5.41) is 0. The van der Waals surface area contributed by atoms with E-state index in [1.807, 2.05) is 0 Å². The molecule has 2 N–H and O–H groups in total. The van der Waals surface area contributed by atoms with Crippen molar-refractivity contribution in [3.8, 4) is 5.75 Å². The number of hydrogen-bond donors (Lipinski definition) is 1. The standard InChI is InChI=1S/C12H17NO/c1-9-3-4-10(2)11(7-9)14-12(8-13)5-6-12/h3-4,7H,5-6,8,13H2,1-2H3. The van der Waals surface area contributed by atoms with E-state index in [1.54, 1.807) is 0 Å². The van der Waals surface area contributed by atoms with Gasteiger partial charge in [0.15, 0.2) is 0 Å². The minimum absolute atomic E-state index is 0.0431. The molecule has 1 aliphatic carbocycles. The molecule has 14 heavy (non-hydrogen) atoms. The molecule has 0 aliphatic heterocycles. The van der Waals surface area contributed by atoms with E-state index >= 15 is 0 Å². The van der Waals surface area contributed by atoms with Crippen LogP contribution >= 0.6 is 0 Å². The number of aryl methyl sites for hydroxylation is 2. The normalized spacial score (nSPS) is 17.9. The Kier molecular flexibility index (Phi) is 2.23. The first-order valence-corrected chi connectivity index (χ1v) is 5.12. The molecule has 76 valence electrons. The smallest absolute Gasteiger partial charge is 0.123 e. The van der Waals surface area contributed by atoms with Gasteiger partial charge >= 0.3 is 0 Å². The molecular formula is C12H17NO. The van der Waals surface area contributed by atoms with Gasteiger partial charge < -0.3 is 10.5 Å². The number of hydrogen-bond acceptors (Lipinski definition) is 2. The molecule has 1 aromatic rings. The fraction of sp³-hybridized carbons (Fsp3) is 0.500. The Hall–Kier alpha value is -1.02. The molecule has 0 saturated heterocycles. The molecule has 0 atom stereocenters. The molecule has 2 nitrogen and oxygen atoms in total. The largest absolute Gasteiger partial charge is 0.486 e. The van der Waals surface area contributed by atoms with Gasteiger partial charge in [-0.1, -0.05) is 12.1 Å². The summed E-state index contributed by atoms with van der Waals surface area (Å²) in [6.07, 6.45) is 2.19. The van der Waals surface area contributed by atoms with Crippen molar-refractivity contribution in [3.63, 3.8) is 0 Å². The summed E-state index contributed by atoms with van der Waals surface area (Å²) in [4.78, 5) is 0. The molecule has 0 amide bonds. The summed E-state index contributed by atoms with van der Waals surface area (Å²) in [6, 6.07) is 6.28. The van der Waals surface area contributed by atoms with Crippen LogP contribution in [0.4, 0.5) is 0 Å². The summed E-state index contributed by atoms with van der Waals surface area (Å²) in [7, 11) is 0. The highest BCUT2D eigenvalue weighted by Crippen LogP contribution is 2.40. The lowest BCUT2D eigenvalue weighted by Crippen LogP contribution is -2.28. The summed E-state index contributed by atoms with van der Waals surface area (Å²) in [5.74, 6) is 0.993. The summed E-state index contributed by atoms with van der Waals surface area (Å²) >= 11 is 0. The van der Waals surface area contributed by atoms with Gasteiger partial charge in [-0.15, -0.1) is 0 Å². The number of rotatable bonds is 3. The Labute approximate surface area is 85.1 Å². The third-order valence-electron chi connectivity index (χ3n) is 2.85. The molecule has 0 aromatic heterocycles. The van der Waals surface area contributed by atoms with E-state index in [2.05, 4.69) is 32.0 Å². The lowest BCUT2D eigenvalue weighted by Gasteiger charge is -2.17. The van der Waals surface area contributed by atoms with Gasteiger partial charge in [-0.25, -0.2) is 0 Å². The minimum atomic E-state index is -0.0431. The summed E-state index contributed by atoms with van der Waals surface area (Å²) in [5.41, 5.74) is 8.06. The summed E-state index contributed by atoms with van der Waals surface area (Å²) in [6.45, 7) is 4.77. The van der Waals surface area contributed by atoms with Crippen molar-refractivity contribution in [2.45, 2.75) is 32.3 Å². The fourth-order valence-electron chi connectivity index (χ4n) is 1.54. The molecule has 1 fully saturated rings. The topological polar surface area (TPSA) is 35.2 Å². The average Bonchev–Trinajstić information content (AvgIpc) is 2.92. The number of ether oxygens (including phenoxy) is 1. The van der Waals surface area contributed by atoms with Crippen LogP contribution in [0.1, 0.15) is 24.0 Å². The molecule has 1 aromatic carbocycles. The second-order valence-electron chi connectivity index (χ2n) is 4.26. The first-order chi connectivity index (χ1) is 6.65. The van der Waals surface area contributed by atoms with Crippen LogP contribution in [0, 0.1) is 13.8 Å². The van der Waals surface area contributed by atoms with E-state index in [0.717, 1.165) is 18.6 Å². The van der Waals surface area contributed by atoms with E-state index in [4.69, 9.17) is 10.5 Å². The van der Waals surface area contributed by atoms with Gasteiger partial charge in [0.25, 0.3) is 0 Å². The van der Waals surface area contributed by atoms with Crippen molar-refractivity contribution >= 4 is 0 Å². The van der Waals surface area contributed by atoms with Gasteiger partial charge in [-0.3, -0.25) is 0 Å². The van der Waals surface area contributed by atoms with E-state index in [-0.39, 0.29) is 5.60 Å². The van der Waals surface area contributed by atoms with Gasteiger partial charge in [0.1, 0.15) is 11.4 Å². The van der Waals surface area contributed by atoms with Gasteiger partial charge in [-0.05, 0) is 43.9 Å². The maximum Gasteiger partial charge on any atom is 0.123 e. The lowest BCUT2D eigenvalue weighted by molar-refractivity contribution is 0.186. The minimum Gasteiger partial charge on any atom is -0.486 e. The Bertz CT molecular complexity index is 342. The molecule has 1 saturated carbocycles. The second-order valence-corrected chi connectivity index (χ2v) is 4.26. The molecule has 0 heterocycles. The molecule has 1 aliphatic rings. The third kappa shape index (κ3) is 1.75. The fourth-order valence-corrected chi connectivity index (χ4v) is 1.54. The van der Waals surface area contributed by atoms with Crippen LogP contribution in [0.5, 0.6) is 5.75 Å². The van der Waals surface area contributed by atoms with Crippen molar-refractivity contribution in [2.24, 2.45) is 5.73 Å². The van der Waals surface area contributed by atoms with E-state index in [0.29, 0.717) is 6.54 Å². The molecule has 0 radical (unpaired) electrons. The highest BCUT2D eigenvalue weighted by Gasteiger charge is 2.44. The number of nitrogens with two attached hydrogens (primary N) is 1. The zero-order valence-corrected chi connectivity index (χ0v) is 8.84. The lowest BCUT2D eigenvalue weighted by atomic mass is 10.1. The van der Waals surface area contributed by atoms with Crippen molar-refractivity contribution in [1.29, 1.82) is 0 Å². The van der Waals surface area contributed by atoms with Gasteiger partial charge in [0.05, 0.1) is 0 Å². The van der Waals surface area contributed by atoms with Gasteiger partial charge in [-0.2, -0.15) is 0 Å². The average molecular weight is 191 g/mol. The van der Waals surface area contributed by atoms with Crippen molar-refractivity contribution < 1.29 is 4.74 Å². The Morgan fingerprint density at radius 1 is 1.36 bits per heavy atom. The second kappa shape index (κ2) is 3.28. The molecule has 2 heteroatoms. The Balaban J connectivity index is 2.20. The van der Waals surface area contributed by atoms with Crippen molar-refractivity contribution in [1.82, 2.24) is 0 Å². The zero-order chi connectivity index (χ0) is 10.2. The van der Waals surface area contributed by atoms with Crippen molar-refractivity contribution in [2.75, 3.05) is 6.54 Å². The quantitative estimate of drug-likeness (QED) is 0.794. The highest BCUT2D eigenvalue weighted by atomic mass is 16.5. The van der Waals surface area contributed by atoms with Gasteiger partial charge in [0, 0.05) is 6.54 Å². The predicted octanol–water partition coefficient (Wildman–Crippen LogP) is 2.17. The third-order valence-corrected chi connectivity index (χ3v) is 2.85. The Morgan fingerprint density at radius 3 is 2.64 bits per heavy atom. The van der Waals surface area contributed by atoms with E-state index in [9.17, 15) is 0 Å². The first-order valence-electron chi connectivity index (χ1n) is 5.12. The summed E-state index contributed by atoms with van der Waals surface area (Å²) < 4.78 is 5.95. The maximum absolute atomic E-state index is 5.95. The SMILES string of the molecule is Cc1ccc(C)c(OC2(CN)CC2)c1. The first kappa shape index (κ1) is 9.53. The van der Waals surface area contributed by atoms with Crippen LogP contribution in [-0.4, -0.2) is 12.1 Å². The molecular weight excluding hydrogens is 174 g/mol. The van der Waals surface area contributed by atoms with Crippen LogP contribution in [-0.2, 0) is 0 Å². The van der Waals surface area contributed by atoms with Crippen LogP contribution in [0.25, 0.3) is 0 Å². The van der Waals surface area contributed by atoms with Gasteiger partial charge in [0.2, 0.25) is 0 Å². The highest BCUT2D eigenvalue weighted by molar-refractivity contribution is 5.37. The monoisotopic (exact) mass is 191 g/mol. The molecule has 2 rings (SSSR count). The zero-order valence-electron chi connectivity index (χ0n) is 8.84. The maximum atomic E-state index is 5.95. The van der Waals surface area contributed by atoms with Crippen LogP contribution in [0.2, 0.25) is 0 Å². The van der Waals surface area contributed by atoms with Crippen LogP contribution in [0.3, 0.4) is 0 Å². The van der Waals surface area contributed by atoms with Crippen LogP contribution in [0.15, 0.2) is 18.2 Å². The predicted molar refractivity (Wildman–Crippen MR) is 57.6 cm³/mol. The Morgan fingerprint density at radius 2 is 2.07 bits per heavy atom. The molecule has 0 bridgehead atoms. The van der Waals surface area contributed by atoms with Crippen LogP contribution < -0.4 is 10.5 Å². The molecule has 0 spiro atoms. The van der Waals surface area contributed by atoms with E-state index in [1.165, 1.54) is 11.1 Å².